The van der Waals surface area contributed by atoms with E-state index in [0.717, 1.165) is 5.69 Å². The molecule has 0 radical (unpaired) electrons. The van der Waals surface area contributed by atoms with Gasteiger partial charge in [0.05, 0.1) is 5.69 Å². The van der Waals surface area contributed by atoms with Gasteiger partial charge in [0, 0.05) is 5.56 Å². The molecule has 0 fully saturated rings. The van der Waals surface area contributed by atoms with E-state index in [-0.39, 0.29) is 5.41 Å². The molecule has 0 aliphatic heterocycles. The Kier molecular flexibility index (Phi) is 3.67. The third kappa shape index (κ3) is 2.70. The van der Waals surface area contributed by atoms with Gasteiger partial charge >= 0.3 is 0 Å². The first-order valence-corrected chi connectivity index (χ1v) is 6.57. The molecule has 0 atom stereocenters. The van der Waals surface area contributed by atoms with E-state index < -0.39 is 0 Å². The van der Waals surface area contributed by atoms with Crippen LogP contribution in [0.15, 0.2) is 48.5 Å². The Morgan fingerprint density at radius 1 is 0.889 bits per heavy atom. The van der Waals surface area contributed by atoms with Crippen molar-refractivity contribution in [2.24, 2.45) is 0 Å². The summed E-state index contributed by atoms with van der Waals surface area (Å²) in [6.07, 6.45) is 0. The van der Waals surface area contributed by atoms with Crippen LogP contribution >= 0.6 is 12.8 Å². The van der Waals surface area contributed by atoms with Gasteiger partial charge in [0.15, 0.2) is 0 Å². The molecular formula is C16H19NS. The van der Waals surface area contributed by atoms with Crippen LogP contribution in [0.5, 0.6) is 0 Å². The molecule has 0 bridgehead atoms. The Bertz CT molecular complexity index is 524. The maximum absolute atomic E-state index is 4.15. The highest BCUT2D eigenvalue weighted by molar-refractivity contribution is 7.81. The van der Waals surface area contributed by atoms with Crippen molar-refractivity contribution in [1.82, 2.24) is 0 Å². The molecule has 0 aliphatic carbocycles. The van der Waals surface area contributed by atoms with E-state index in [2.05, 4.69) is 68.6 Å². The molecule has 18 heavy (non-hydrogen) atoms. The minimum Gasteiger partial charge on any atom is -0.332 e. The molecule has 2 aromatic carbocycles. The van der Waals surface area contributed by atoms with Crippen LogP contribution in [0.25, 0.3) is 11.1 Å². The van der Waals surface area contributed by atoms with Gasteiger partial charge in [0.1, 0.15) is 0 Å². The maximum Gasteiger partial charge on any atom is 0.0517 e. The van der Waals surface area contributed by atoms with E-state index in [1.807, 2.05) is 18.2 Å². The molecule has 0 amide bonds. The van der Waals surface area contributed by atoms with Gasteiger partial charge in [-0.05, 0) is 22.6 Å². The molecule has 0 heterocycles. The third-order valence-corrected chi connectivity index (χ3v) is 3.35. The second-order valence-corrected chi connectivity index (χ2v) is 5.71. The smallest absolute Gasteiger partial charge is 0.0517 e. The monoisotopic (exact) mass is 257 g/mol. The Hall–Kier alpha value is -1.41. The van der Waals surface area contributed by atoms with Gasteiger partial charge in [-0.1, -0.05) is 76.1 Å². The lowest BCUT2D eigenvalue weighted by atomic mass is 9.86. The molecule has 2 heteroatoms. The van der Waals surface area contributed by atoms with Crippen molar-refractivity contribution in [3.8, 4) is 11.1 Å². The zero-order valence-corrected chi connectivity index (χ0v) is 12.0. The van der Waals surface area contributed by atoms with Gasteiger partial charge in [0.25, 0.3) is 0 Å². The van der Waals surface area contributed by atoms with Crippen LogP contribution < -0.4 is 4.72 Å². The van der Waals surface area contributed by atoms with Gasteiger partial charge in [-0.25, -0.2) is 0 Å². The Morgan fingerprint density at radius 2 is 1.50 bits per heavy atom. The molecule has 1 N–H and O–H groups in total. The van der Waals surface area contributed by atoms with Crippen molar-refractivity contribution >= 4 is 18.5 Å². The molecule has 2 aromatic rings. The van der Waals surface area contributed by atoms with E-state index in [0.29, 0.717) is 0 Å². The molecule has 2 rings (SSSR count). The quantitative estimate of drug-likeness (QED) is 0.729. The predicted molar refractivity (Wildman–Crippen MR) is 83.2 cm³/mol. The average Bonchev–Trinajstić information content (AvgIpc) is 2.38. The van der Waals surface area contributed by atoms with Crippen molar-refractivity contribution in [1.29, 1.82) is 0 Å². The van der Waals surface area contributed by atoms with Crippen molar-refractivity contribution < 1.29 is 0 Å². The summed E-state index contributed by atoms with van der Waals surface area (Å²) in [5.41, 5.74) is 4.96. The van der Waals surface area contributed by atoms with Crippen molar-refractivity contribution in [3.63, 3.8) is 0 Å². The Morgan fingerprint density at radius 3 is 2.06 bits per heavy atom. The number of anilines is 1. The topological polar surface area (TPSA) is 12.0 Å². The summed E-state index contributed by atoms with van der Waals surface area (Å²) in [7, 11) is 0. The van der Waals surface area contributed by atoms with Crippen LogP contribution in [0.3, 0.4) is 0 Å². The van der Waals surface area contributed by atoms with Crippen LogP contribution in [0.4, 0.5) is 5.69 Å². The molecule has 0 aliphatic rings. The summed E-state index contributed by atoms with van der Waals surface area (Å²) in [6.45, 7) is 6.68. The summed E-state index contributed by atoms with van der Waals surface area (Å²) in [5.74, 6) is 0. The zero-order valence-electron chi connectivity index (χ0n) is 11.1. The molecule has 0 spiro atoms. The standard InChI is InChI=1S/C16H19NS/c1-16(2,3)13-10-8-12(9-11-13)14-6-4-5-7-15(14)17-18/h4-11,17-18H,1-3H3. The summed E-state index contributed by atoms with van der Waals surface area (Å²) in [6, 6.07) is 16.9. The van der Waals surface area contributed by atoms with E-state index in [1.54, 1.807) is 0 Å². The van der Waals surface area contributed by atoms with Gasteiger partial charge < -0.3 is 4.72 Å². The Balaban J connectivity index is 2.41. The fraction of sp³-hybridized carbons (Fsp3) is 0.250. The highest BCUT2D eigenvalue weighted by Gasteiger charge is 2.13. The van der Waals surface area contributed by atoms with Gasteiger partial charge in [-0.2, -0.15) is 0 Å². The van der Waals surface area contributed by atoms with Crippen LogP contribution in [-0.4, -0.2) is 0 Å². The molecule has 0 saturated heterocycles. The number of thiol groups is 1. The number of para-hydroxylation sites is 1. The lowest BCUT2D eigenvalue weighted by Crippen LogP contribution is -2.10. The molecule has 94 valence electrons. The highest BCUT2D eigenvalue weighted by atomic mass is 32.1. The highest BCUT2D eigenvalue weighted by Crippen LogP contribution is 2.30. The SMILES string of the molecule is CC(C)(C)c1ccc(-c2ccccc2NS)cc1. The van der Waals surface area contributed by atoms with Crippen LogP contribution in [-0.2, 0) is 5.41 Å². The molecule has 0 saturated carbocycles. The van der Waals surface area contributed by atoms with Crippen LogP contribution in [0, 0.1) is 0 Å². The fourth-order valence-corrected chi connectivity index (χ4v) is 2.18. The van der Waals surface area contributed by atoms with Crippen LogP contribution in [0.2, 0.25) is 0 Å². The molecule has 1 nitrogen and oxygen atoms in total. The molecule has 0 unspecified atom stereocenters. The van der Waals surface area contributed by atoms with Gasteiger partial charge in [0.2, 0.25) is 0 Å². The summed E-state index contributed by atoms with van der Waals surface area (Å²) in [4.78, 5) is 0. The number of nitrogens with one attached hydrogen (secondary N) is 1. The third-order valence-electron chi connectivity index (χ3n) is 3.11. The van der Waals surface area contributed by atoms with E-state index in [1.165, 1.54) is 16.7 Å². The average molecular weight is 257 g/mol. The van der Waals surface area contributed by atoms with E-state index >= 15 is 0 Å². The minimum absolute atomic E-state index is 0.194. The lowest BCUT2D eigenvalue weighted by Gasteiger charge is -2.19. The summed E-state index contributed by atoms with van der Waals surface area (Å²) >= 11 is 4.15. The largest absolute Gasteiger partial charge is 0.332 e. The predicted octanol–water partition coefficient (Wildman–Crippen LogP) is 4.91. The number of hydrogen-bond donors (Lipinski definition) is 2. The number of rotatable bonds is 2. The van der Waals surface area contributed by atoms with Crippen molar-refractivity contribution in [2.75, 3.05) is 4.72 Å². The minimum atomic E-state index is 0.194. The molecule has 0 aromatic heterocycles. The second kappa shape index (κ2) is 5.07. The van der Waals surface area contributed by atoms with Gasteiger partial charge in [-0.3, -0.25) is 0 Å². The van der Waals surface area contributed by atoms with E-state index in [9.17, 15) is 0 Å². The normalized spacial score (nSPS) is 11.3. The first kappa shape index (κ1) is 13.0. The number of hydrogen-bond acceptors (Lipinski definition) is 2. The number of benzene rings is 2. The lowest BCUT2D eigenvalue weighted by molar-refractivity contribution is 0.590. The first-order chi connectivity index (χ1) is 8.52. The summed E-state index contributed by atoms with van der Waals surface area (Å²) < 4.78 is 2.93. The Labute approximate surface area is 115 Å². The second-order valence-electron chi connectivity index (χ2n) is 5.48. The van der Waals surface area contributed by atoms with E-state index in [4.69, 9.17) is 0 Å². The van der Waals surface area contributed by atoms with Crippen molar-refractivity contribution in [2.45, 2.75) is 26.2 Å². The fourth-order valence-electron chi connectivity index (χ4n) is 1.98. The van der Waals surface area contributed by atoms with Crippen molar-refractivity contribution in [3.05, 3.63) is 54.1 Å². The van der Waals surface area contributed by atoms with Crippen LogP contribution in [0.1, 0.15) is 26.3 Å². The summed E-state index contributed by atoms with van der Waals surface area (Å²) in [5, 5.41) is 0. The molecular weight excluding hydrogens is 238 g/mol. The zero-order chi connectivity index (χ0) is 13.2. The first-order valence-electron chi connectivity index (χ1n) is 6.12. The van der Waals surface area contributed by atoms with Gasteiger partial charge in [-0.15, -0.1) is 0 Å². The maximum atomic E-state index is 4.15.